The number of thiocarbonyl (C=S) groups is 1. The first-order valence-corrected chi connectivity index (χ1v) is 4.34. The molecule has 0 saturated heterocycles. The van der Waals surface area contributed by atoms with Gasteiger partial charge in [0.15, 0.2) is 5.05 Å². The summed E-state index contributed by atoms with van der Waals surface area (Å²) in [5.74, 6) is -0.400. The normalized spacial score (nSPS) is 10.6. The van der Waals surface area contributed by atoms with E-state index in [9.17, 15) is 13.6 Å². The Labute approximate surface area is 81.3 Å². The number of rotatable bonds is 4. The maximum absolute atomic E-state index is 11.7. The van der Waals surface area contributed by atoms with Crippen molar-refractivity contribution in [3.05, 3.63) is 0 Å². The van der Waals surface area contributed by atoms with Gasteiger partial charge in [-0.15, -0.1) is 0 Å². The molecule has 0 aromatic carbocycles. The zero-order chi connectivity index (χ0) is 10.4. The molecule has 0 N–H and O–H groups in total. The van der Waals surface area contributed by atoms with Crippen LogP contribution in [0.25, 0.3) is 0 Å². The van der Waals surface area contributed by atoms with E-state index >= 15 is 0 Å². The average Bonchev–Trinajstić information content (AvgIpc) is 1.80. The lowest BCUT2D eigenvalue weighted by Crippen LogP contribution is -2.14. The van der Waals surface area contributed by atoms with Crippen LogP contribution in [0, 0.1) is 5.92 Å². The van der Waals surface area contributed by atoms with Gasteiger partial charge in [-0.2, -0.15) is 0 Å². The maximum Gasteiger partial charge on any atom is 0.311 e. The highest BCUT2D eigenvalue weighted by Crippen LogP contribution is 2.06. The van der Waals surface area contributed by atoms with Crippen molar-refractivity contribution in [1.29, 1.82) is 0 Å². The molecule has 0 bridgehead atoms. The summed E-state index contributed by atoms with van der Waals surface area (Å²) in [7, 11) is 0. The molecule has 0 aromatic heterocycles. The van der Waals surface area contributed by atoms with E-state index in [1.165, 1.54) is 0 Å². The second kappa shape index (κ2) is 5.96. The molecule has 13 heavy (non-hydrogen) atoms. The van der Waals surface area contributed by atoms with Gasteiger partial charge in [0, 0.05) is 6.42 Å². The first-order chi connectivity index (χ1) is 5.91. The summed E-state index contributed by atoms with van der Waals surface area (Å²) < 4.78 is 27.9. The van der Waals surface area contributed by atoms with E-state index in [-0.39, 0.29) is 17.4 Å². The van der Waals surface area contributed by atoms with Crippen LogP contribution in [0.3, 0.4) is 0 Å². The highest BCUT2D eigenvalue weighted by Gasteiger charge is 2.13. The summed E-state index contributed by atoms with van der Waals surface area (Å²) in [6.07, 6.45) is -3.01. The van der Waals surface area contributed by atoms with E-state index in [1.807, 2.05) is 13.8 Å². The Morgan fingerprint density at radius 1 is 1.38 bits per heavy atom. The van der Waals surface area contributed by atoms with Crippen molar-refractivity contribution in [3.63, 3.8) is 0 Å². The SMILES string of the molecule is CC(C)CC(=O)OC(=S)CC(F)F. The van der Waals surface area contributed by atoms with Gasteiger partial charge in [-0.3, -0.25) is 4.79 Å². The molecular weight excluding hydrogens is 198 g/mol. The number of esters is 1. The van der Waals surface area contributed by atoms with Crippen molar-refractivity contribution < 1.29 is 18.3 Å². The fourth-order valence-electron chi connectivity index (χ4n) is 0.670. The number of ether oxygens (including phenoxy) is 1. The predicted octanol–water partition coefficient (Wildman–Crippen LogP) is 2.56. The van der Waals surface area contributed by atoms with Gasteiger partial charge in [-0.25, -0.2) is 8.78 Å². The Hall–Kier alpha value is -0.580. The highest BCUT2D eigenvalue weighted by molar-refractivity contribution is 7.80. The Morgan fingerprint density at radius 2 is 1.92 bits per heavy atom. The van der Waals surface area contributed by atoms with Crippen molar-refractivity contribution in [2.24, 2.45) is 5.92 Å². The molecule has 0 aliphatic carbocycles. The molecule has 0 radical (unpaired) electrons. The van der Waals surface area contributed by atoms with Crippen LogP contribution in [0.1, 0.15) is 26.7 Å². The molecule has 0 aromatic rings. The number of carbonyl (C=O) groups excluding carboxylic acids is 1. The minimum absolute atomic E-state index is 0.141. The molecule has 0 unspecified atom stereocenters. The second-order valence-corrected chi connectivity index (χ2v) is 3.49. The second-order valence-electron chi connectivity index (χ2n) is 3.04. The van der Waals surface area contributed by atoms with Crippen molar-refractivity contribution >= 4 is 23.2 Å². The van der Waals surface area contributed by atoms with E-state index in [4.69, 9.17) is 0 Å². The number of hydrogen-bond donors (Lipinski definition) is 0. The molecule has 0 rings (SSSR count). The van der Waals surface area contributed by atoms with E-state index in [0.29, 0.717) is 0 Å². The zero-order valence-corrected chi connectivity index (χ0v) is 8.37. The summed E-state index contributed by atoms with van der Waals surface area (Å²) in [5.41, 5.74) is 0. The lowest BCUT2D eigenvalue weighted by atomic mass is 10.1. The number of alkyl halides is 2. The maximum atomic E-state index is 11.7. The molecule has 0 saturated carbocycles. The van der Waals surface area contributed by atoms with E-state index in [1.54, 1.807) is 0 Å². The molecule has 0 aliphatic rings. The van der Waals surface area contributed by atoms with Gasteiger partial charge in [-0.05, 0) is 18.1 Å². The summed E-state index contributed by atoms with van der Waals surface area (Å²) >= 11 is 4.44. The van der Waals surface area contributed by atoms with Gasteiger partial charge in [0.25, 0.3) is 0 Å². The predicted molar refractivity (Wildman–Crippen MR) is 48.8 cm³/mol. The minimum Gasteiger partial charge on any atom is -0.419 e. The summed E-state index contributed by atoms with van der Waals surface area (Å²) in [6.45, 7) is 3.66. The third-order valence-corrected chi connectivity index (χ3v) is 1.37. The number of hydrogen-bond acceptors (Lipinski definition) is 3. The first-order valence-electron chi connectivity index (χ1n) is 3.93. The summed E-state index contributed by atoms with van der Waals surface area (Å²) in [5, 5.41) is -0.333. The summed E-state index contributed by atoms with van der Waals surface area (Å²) in [6, 6.07) is 0. The van der Waals surface area contributed by atoms with Crippen LogP contribution < -0.4 is 0 Å². The molecule has 5 heteroatoms. The molecule has 0 heterocycles. The largest absolute Gasteiger partial charge is 0.419 e. The Bertz CT molecular complexity index is 173. The molecule has 76 valence electrons. The van der Waals surface area contributed by atoms with Crippen molar-refractivity contribution in [2.75, 3.05) is 0 Å². The summed E-state index contributed by atoms with van der Waals surface area (Å²) in [4.78, 5) is 10.9. The van der Waals surface area contributed by atoms with Gasteiger partial charge in [0.05, 0.1) is 6.42 Å². The molecule has 0 atom stereocenters. The van der Waals surface area contributed by atoms with Gasteiger partial charge >= 0.3 is 5.97 Å². The Balaban J connectivity index is 3.72. The molecule has 0 fully saturated rings. The minimum atomic E-state index is -2.56. The number of carbonyl (C=O) groups is 1. The fraction of sp³-hybridized carbons (Fsp3) is 0.750. The first kappa shape index (κ1) is 12.4. The monoisotopic (exact) mass is 210 g/mol. The molecule has 0 aliphatic heterocycles. The van der Waals surface area contributed by atoms with Crippen LogP contribution in [0.2, 0.25) is 0 Å². The van der Waals surface area contributed by atoms with Crippen LogP contribution in [0.4, 0.5) is 8.78 Å². The van der Waals surface area contributed by atoms with E-state index in [2.05, 4.69) is 17.0 Å². The van der Waals surface area contributed by atoms with Gasteiger partial charge in [0.2, 0.25) is 6.43 Å². The van der Waals surface area contributed by atoms with E-state index in [0.717, 1.165) is 0 Å². The standard InChI is InChI=1S/C8H12F2O2S/c1-5(2)3-7(11)12-8(13)4-6(9)10/h5-6H,3-4H2,1-2H3. The highest BCUT2D eigenvalue weighted by atomic mass is 32.1. The third-order valence-electron chi connectivity index (χ3n) is 1.12. The van der Waals surface area contributed by atoms with Gasteiger partial charge in [0.1, 0.15) is 0 Å². The smallest absolute Gasteiger partial charge is 0.311 e. The number of halogens is 2. The average molecular weight is 210 g/mol. The van der Waals surface area contributed by atoms with Crippen molar-refractivity contribution in [2.45, 2.75) is 33.1 Å². The topological polar surface area (TPSA) is 26.3 Å². The molecule has 0 amide bonds. The van der Waals surface area contributed by atoms with Crippen LogP contribution >= 0.6 is 12.2 Å². The van der Waals surface area contributed by atoms with Crippen LogP contribution in [0.15, 0.2) is 0 Å². The van der Waals surface area contributed by atoms with Gasteiger partial charge in [-0.1, -0.05) is 13.8 Å². The Kier molecular flexibility index (Phi) is 5.70. The molecule has 2 nitrogen and oxygen atoms in total. The van der Waals surface area contributed by atoms with Crippen LogP contribution in [-0.2, 0) is 9.53 Å². The third kappa shape index (κ3) is 7.77. The van der Waals surface area contributed by atoms with Crippen molar-refractivity contribution in [1.82, 2.24) is 0 Å². The van der Waals surface area contributed by atoms with E-state index < -0.39 is 18.8 Å². The molecular formula is C8H12F2O2S. The van der Waals surface area contributed by atoms with Crippen LogP contribution in [0.5, 0.6) is 0 Å². The molecule has 0 spiro atoms. The van der Waals surface area contributed by atoms with Crippen molar-refractivity contribution in [3.8, 4) is 0 Å². The Morgan fingerprint density at radius 3 is 2.31 bits per heavy atom. The lowest BCUT2D eigenvalue weighted by molar-refractivity contribution is -0.136. The van der Waals surface area contributed by atoms with Gasteiger partial charge < -0.3 is 4.74 Å². The quantitative estimate of drug-likeness (QED) is 0.527. The fourth-order valence-corrected chi connectivity index (χ4v) is 0.889. The lowest BCUT2D eigenvalue weighted by Gasteiger charge is -2.06. The van der Waals surface area contributed by atoms with Crippen LogP contribution in [-0.4, -0.2) is 17.4 Å². The zero-order valence-electron chi connectivity index (χ0n) is 7.55.